The lowest BCUT2D eigenvalue weighted by Crippen LogP contribution is -2.04. The maximum absolute atomic E-state index is 10.3. The highest BCUT2D eigenvalue weighted by Crippen LogP contribution is 2.09. The molecule has 0 saturated heterocycles. The number of hydrogen-bond donors (Lipinski definition) is 2. The molecule has 2 N–H and O–H groups in total. The Morgan fingerprint density at radius 2 is 1.70 bits per heavy atom. The van der Waals surface area contributed by atoms with Crippen LogP contribution in [-0.2, 0) is 4.79 Å². The first kappa shape index (κ1) is 19.2. The Kier molecular flexibility index (Phi) is 14.0. The molecule has 0 spiro atoms. The van der Waals surface area contributed by atoms with Gasteiger partial charge in [0.2, 0.25) is 0 Å². The average molecular weight is 284 g/mol. The van der Waals surface area contributed by atoms with Gasteiger partial charge in [-0.05, 0) is 32.1 Å². The van der Waals surface area contributed by atoms with Gasteiger partial charge >= 0.3 is 5.97 Å². The van der Waals surface area contributed by atoms with Crippen molar-refractivity contribution in [1.82, 2.24) is 0 Å². The maximum atomic E-state index is 10.3. The molecule has 1 atom stereocenters. The Labute approximate surface area is 124 Å². The molecule has 0 radical (unpaired) electrons. The summed E-state index contributed by atoms with van der Waals surface area (Å²) >= 11 is 0. The van der Waals surface area contributed by atoms with E-state index in [9.17, 15) is 9.90 Å². The molecule has 0 aromatic heterocycles. The Morgan fingerprint density at radius 1 is 1.00 bits per heavy atom. The van der Waals surface area contributed by atoms with E-state index in [1.807, 2.05) is 0 Å². The van der Waals surface area contributed by atoms with Crippen molar-refractivity contribution in [2.24, 2.45) is 0 Å². The van der Waals surface area contributed by atoms with Crippen molar-refractivity contribution >= 4 is 5.97 Å². The zero-order valence-electron chi connectivity index (χ0n) is 13.0. The number of carbonyl (C=O) groups is 1. The molecular weight excluding hydrogens is 252 g/mol. The van der Waals surface area contributed by atoms with Crippen molar-refractivity contribution < 1.29 is 15.0 Å². The second-order valence-electron chi connectivity index (χ2n) is 5.56. The van der Waals surface area contributed by atoms with Crippen LogP contribution in [0.15, 0.2) is 12.2 Å². The summed E-state index contributed by atoms with van der Waals surface area (Å²) < 4.78 is 0. The molecule has 0 aromatic carbocycles. The molecule has 0 aliphatic heterocycles. The second-order valence-corrected chi connectivity index (χ2v) is 5.56. The van der Waals surface area contributed by atoms with Gasteiger partial charge in [-0.3, -0.25) is 4.79 Å². The topological polar surface area (TPSA) is 57.5 Å². The maximum Gasteiger partial charge on any atom is 0.303 e. The highest BCUT2D eigenvalue weighted by molar-refractivity contribution is 5.66. The number of allylic oxidation sites excluding steroid dienone is 1. The van der Waals surface area contributed by atoms with Crippen LogP contribution in [0.4, 0.5) is 0 Å². The van der Waals surface area contributed by atoms with Gasteiger partial charge in [0.25, 0.3) is 0 Å². The minimum absolute atomic E-state index is 0.172. The summed E-state index contributed by atoms with van der Waals surface area (Å²) in [6, 6.07) is 0. The minimum atomic E-state index is -0.689. The lowest BCUT2D eigenvalue weighted by molar-refractivity contribution is -0.137. The van der Waals surface area contributed by atoms with E-state index in [-0.39, 0.29) is 6.10 Å². The first-order valence-electron chi connectivity index (χ1n) is 8.21. The lowest BCUT2D eigenvalue weighted by Gasteiger charge is -2.06. The number of rotatable bonds is 14. The van der Waals surface area contributed by atoms with E-state index in [4.69, 9.17) is 5.11 Å². The Balaban J connectivity index is 3.24. The first-order chi connectivity index (χ1) is 9.66. The molecule has 0 aliphatic rings. The van der Waals surface area contributed by atoms with Crippen LogP contribution in [0.1, 0.15) is 84.0 Å². The van der Waals surface area contributed by atoms with E-state index in [0.717, 1.165) is 51.4 Å². The fourth-order valence-electron chi connectivity index (χ4n) is 2.19. The van der Waals surface area contributed by atoms with Gasteiger partial charge in [0.1, 0.15) is 0 Å². The fourth-order valence-corrected chi connectivity index (χ4v) is 2.19. The summed E-state index contributed by atoms with van der Waals surface area (Å²) in [5.41, 5.74) is 0. The summed E-state index contributed by atoms with van der Waals surface area (Å²) in [4.78, 5) is 10.3. The van der Waals surface area contributed by atoms with Crippen LogP contribution < -0.4 is 0 Å². The summed E-state index contributed by atoms with van der Waals surface area (Å²) in [6.07, 6.45) is 16.0. The van der Waals surface area contributed by atoms with Crippen molar-refractivity contribution in [1.29, 1.82) is 0 Å². The van der Waals surface area contributed by atoms with Gasteiger partial charge in [-0.15, -0.1) is 0 Å². The van der Waals surface area contributed by atoms with E-state index in [0.29, 0.717) is 6.42 Å². The summed E-state index contributed by atoms with van der Waals surface area (Å²) in [7, 11) is 0. The zero-order valence-corrected chi connectivity index (χ0v) is 13.0. The SMILES string of the molecule is CCCCCC(O)CC=CCCCCCCCC(=O)O. The molecule has 0 amide bonds. The summed E-state index contributed by atoms with van der Waals surface area (Å²) in [6.45, 7) is 2.17. The Morgan fingerprint density at radius 3 is 2.40 bits per heavy atom. The largest absolute Gasteiger partial charge is 0.481 e. The quantitative estimate of drug-likeness (QED) is 0.359. The summed E-state index contributed by atoms with van der Waals surface area (Å²) in [5.74, 6) is -0.689. The monoisotopic (exact) mass is 284 g/mol. The predicted octanol–water partition coefficient (Wildman–Crippen LogP) is 4.69. The molecule has 20 heavy (non-hydrogen) atoms. The molecule has 118 valence electrons. The zero-order chi connectivity index (χ0) is 15.1. The number of aliphatic carboxylic acids is 1. The third-order valence-electron chi connectivity index (χ3n) is 3.48. The highest BCUT2D eigenvalue weighted by atomic mass is 16.4. The van der Waals surface area contributed by atoms with Crippen molar-refractivity contribution in [3.8, 4) is 0 Å². The number of carboxylic acid groups (broad SMARTS) is 1. The molecule has 0 saturated carbocycles. The molecule has 0 rings (SSSR count). The molecule has 3 nitrogen and oxygen atoms in total. The highest BCUT2D eigenvalue weighted by Gasteiger charge is 2.00. The smallest absolute Gasteiger partial charge is 0.303 e. The van der Waals surface area contributed by atoms with Gasteiger partial charge in [0, 0.05) is 6.42 Å². The van der Waals surface area contributed by atoms with Crippen LogP contribution in [0.2, 0.25) is 0 Å². The number of aliphatic hydroxyl groups is 1. The first-order valence-corrected chi connectivity index (χ1v) is 8.21. The molecule has 0 aliphatic carbocycles. The van der Waals surface area contributed by atoms with Crippen LogP contribution in [0, 0.1) is 0 Å². The van der Waals surface area contributed by atoms with Crippen LogP contribution >= 0.6 is 0 Å². The fraction of sp³-hybridized carbons (Fsp3) is 0.824. The summed E-state index contributed by atoms with van der Waals surface area (Å²) in [5, 5.41) is 18.2. The van der Waals surface area contributed by atoms with Gasteiger partial charge in [0.15, 0.2) is 0 Å². The van der Waals surface area contributed by atoms with Gasteiger partial charge in [-0.2, -0.15) is 0 Å². The van der Waals surface area contributed by atoms with E-state index in [1.165, 1.54) is 19.3 Å². The van der Waals surface area contributed by atoms with E-state index in [2.05, 4.69) is 19.1 Å². The van der Waals surface area contributed by atoms with Gasteiger partial charge in [0.05, 0.1) is 6.10 Å². The predicted molar refractivity (Wildman–Crippen MR) is 83.9 cm³/mol. The third kappa shape index (κ3) is 15.2. The molecule has 0 fully saturated rings. The minimum Gasteiger partial charge on any atom is -0.481 e. The molecule has 0 heterocycles. The van der Waals surface area contributed by atoms with Crippen molar-refractivity contribution in [3.05, 3.63) is 12.2 Å². The molecule has 0 bridgehead atoms. The normalized spacial score (nSPS) is 12.9. The Bertz CT molecular complexity index is 249. The van der Waals surface area contributed by atoms with Gasteiger partial charge in [-0.25, -0.2) is 0 Å². The van der Waals surface area contributed by atoms with Crippen LogP contribution in [0.3, 0.4) is 0 Å². The number of aliphatic hydroxyl groups excluding tert-OH is 1. The molecule has 0 aromatic rings. The standard InChI is InChI=1S/C17H32O3/c1-2-3-10-13-16(18)14-11-8-6-4-5-7-9-12-15-17(19)20/h8,11,16,18H,2-7,9-10,12-15H2,1H3,(H,19,20). The molecular formula is C17H32O3. The Hall–Kier alpha value is -0.830. The van der Waals surface area contributed by atoms with Crippen LogP contribution in [0.5, 0.6) is 0 Å². The molecule has 3 heteroatoms. The number of hydrogen-bond acceptors (Lipinski definition) is 2. The number of unbranched alkanes of at least 4 members (excludes halogenated alkanes) is 7. The van der Waals surface area contributed by atoms with E-state index >= 15 is 0 Å². The van der Waals surface area contributed by atoms with Crippen molar-refractivity contribution in [2.75, 3.05) is 0 Å². The number of carboxylic acids is 1. The molecule has 1 unspecified atom stereocenters. The van der Waals surface area contributed by atoms with Crippen molar-refractivity contribution in [2.45, 2.75) is 90.1 Å². The van der Waals surface area contributed by atoms with Crippen molar-refractivity contribution in [3.63, 3.8) is 0 Å². The second kappa shape index (κ2) is 14.6. The third-order valence-corrected chi connectivity index (χ3v) is 3.48. The van der Waals surface area contributed by atoms with E-state index < -0.39 is 5.97 Å². The van der Waals surface area contributed by atoms with E-state index in [1.54, 1.807) is 0 Å². The average Bonchev–Trinajstić information content (AvgIpc) is 2.41. The van der Waals surface area contributed by atoms with Crippen LogP contribution in [-0.4, -0.2) is 22.3 Å². The van der Waals surface area contributed by atoms with Crippen LogP contribution in [0.25, 0.3) is 0 Å². The van der Waals surface area contributed by atoms with Gasteiger partial charge < -0.3 is 10.2 Å². The lowest BCUT2D eigenvalue weighted by atomic mass is 10.1. The van der Waals surface area contributed by atoms with Gasteiger partial charge in [-0.1, -0.05) is 57.6 Å².